The zero-order valence-electron chi connectivity index (χ0n) is 11.6. The summed E-state index contributed by atoms with van der Waals surface area (Å²) in [4.78, 5) is 1.52. The minimum atomic E-state index is 0.568. The van der Waals surface area contributed by atoms with Crippen molar-refractivity contribution in [2.24, 2.45) is 24.8 Å². The normalized spacial score (nSPS) is 13.6. The first-order chi connectivity index (χ1) is 7.99. The van der Waals surface area contributed by atoms with Crippen molar-refractivity contribution in [3.8, 4) is 0 Å². The summed E-state index contributed by atoms with van der Waals surface area (Å²) in [5.74, 6) is 2.73. The number of aromatic nitrogens is 4. The van der Waals surface area contributed by atoms with Gasteiger partial charge in [-0.1, -0.05) is 27.7 Å². The summed E-state index contributed by atoms with van der Waals surface area (Å²) in [5.41, 5.74) is 0. The van der Waals surface area contributed by atoms with Crippen molar-refractivity contribution in [2.75, 3.05) is 13.1 Å². The molecule has 98 valence electrons. The summed E-state index contributed by atoms with van der Waals surface area (Å²) in [6.45, 7) is 11.0. The van der Waals surface area contributed by atoms with Gasteiger partial charge in [-0.2, -0.15) is 4.80 Å². The van der Waals surface area contributed by atoms with E-state index in [0.717, 1.165) is 25.3 Å². The molecule has 0 aliphatic carbocycles. The van der Waals surface area contributed by atoms with Crippen molar-refractivity contribution < 1.29 is 0 Å². The van der Waals surface area contributed by atoms with Gasteiger partial charge >= 0.3 is 0 Å². The molecule has 0 aromatic carbocycles. The molecule has 0 saturated heterocycles. The van der Waals surface area contributed by atoms with E-state index < -0.39 is 0 Å². The van der Waals surface area contributed by atoms with Crippen molar-refractivity contribution in [3.63, 3.8) is 0 Å². The molecule has 0 spiro atoms. The molecular formula is C12H25N5. The zero-order valence-corrected chi connectivity index (χ0v) is 11.6. The highest BCUT2D eigenvalue weighted by Crippen LogP contribution is 2.14. The van der Waals surface area contributed by atoms with Gasteiger partial charge in [-0.05, 0) is 36.1 Å². The highest BCUT2D eigenvalue weighted by molar-refractivity contribution is 4.83. The van der Waals surface area contributed by atoms with E-state index in [1.54, 1.807) is 7.05 Å². The Balaban J connectivity index is 2.43. The van der Waals surface area contributed by atoms with Crippen molar-refractivity contribution in [3.05, 3.63) is 5.82 Å². The lowest BCUT2D eigenvalue weighted by molar-refractivity contribution is 0.347. The van der Waals surface area contributed by atoms with Crippen molar-refractivity contribution in [2.45, 2.75) is 34.1 Å². The van der Waals surface area contributed by atoms with Crippen molar-refractivity contribution in [1.82, 2.24) is 25.5 Å². The maximum absolute atomic E-state index is 4.24. The number of hydrogen-bond acceptors (Lipinski definition) is 4. The molecule has 0 radical (unpaired) electrons. The second-order valence-corrected chi connectivity index (χ2v) is 5.46. The fourth-order valence-electron chi connectivity index (χ4n) is 1.74. The topological polar surface area (TPSA) is 55.6 Å². The average molecular weight is 239 g/mol. The van der Waals surface area contributed by atoms with Crippen LogP contribution >= 0.6 is 0 Å². The molecule has 5 nitrogen and oxygen atoms in total. The first-order valence-corrected chi connectivity index (χ1v) is 6.42. The molecule has 5 heteroatoms. The van der Waals surface area contributed by atoms with E-state index in [1.807, 2.05) is 0 Å². The molecular weight excluding hydrogens is 214 g/mol. The Labute approximate surface area is 104 Å². The third-order valence-corrected chi connectivity index (χ3v) is 2.90. The lowest BCUT2D eigenvalue weighted by Crippen LogP contribution is -2.30. The minimum absolute atomic E-state index is 0.568. The number of nitrogens with zero attached hydrogens (tertiary/aromatic N) is 4. The smallest absolute Gasteiger partial charge is 0.175 e. The highest BCUT2D eigenvalue weighted by Gasteiger charge is 2.16. The molecule has 0 saturated carbocycles. The second kappa shape index (κ2) is 6.69. The van der Waals surface area contributed by atoms with E-state index in [4.69, 9.17) is 0 Å². The van der Waals surface area contributed by atoms with Gasteiger partial charge in [0.1, 0.15) is 0 Å². The Morgan fingerprint density at radius 1 is 1.18 bits per heavy atom. The van der Waals surface area contributed by atoms with E-state index in [-0.39, 0.29) is 0 Å². The Kier molecular flexibility index (Phi) is 5.55. The van der Waals surface area contributed by atoms with Gasteiger partial charge in [0.25, 0.3) is 0 Å². The van der Waals surface area contributed by atoms with Crippen LogP contribution in [0.1, 0.15) is 33.5 Å². The zero-order chi connectivity index (χ0) is 12.8. The standard InChI is InChI=1S/C12H25N5/c1-9(2)7-13-8-11(10(3)4)6-12-14-16-17(5)15-12/h9-11,13H,6-8H2,1-5H3. The number of rotatable bonds is 7. The summed E-state index contributed by atoms with van der Waals surface area (Å²) >= 11 is 0. The molecule has 1 unspecified atom stereocenters. The number of hydrogen-bond donors (Lipinski definition) is 1. The maximum Gasteiger partial charge on any atom is 0.175 e. The van der Waals surface area contributed by atoms with Gasteiger partial charge in [-0.25, -0.2) is 0 Å². The Morgan fingerprint density at radius 2 is 1.88 bits per heavy atom. The molecule has 1 rings (SSSR count). The molecule has 1 aromatic rings. The lowest BCUT2D eigenvalue weighted by atomic mass is 9.92. The van der Waals surface area contributed by atoms with E-state index in [0.29, 0.717) is 17.8 Å². The molecule has 0 fully saturated rings. The fourth-order valence-corrected chi connectivity index (χ4v) is 1.74. The van der Waals surface area contributed by atoms with Crippen LogP contribution in [0.3, 0.4) is 0 Å². The third kappa shape index (κ3) is 5.26. The Hall–Kier alpha value is -0.970. The Bertz CT molecular complexity index is 318. The van der Waals surface area contributed by atoms with Gasteiger partial charge in [0.2, 0.25) is 0 Å². The quantitative estimate of drug-likeness (QED) is 0.778. The van der Waals surface area contributed by atoms with Crippen LogP contribution in [-0.4, -0.2) is 33.3 Å². The van der Waals surface area contributed by atoms with Gasteiger partial charge in [-0.15, -0.1) is 10.2 Å². The van der Waals surface area contributed by atoms with Crippen LogP contribution < -0.4 is 5.32 Å². The molecule has 1 aromatic heterocycles. The third-order valence-electron chi connectivity index (χ3n) is 2.90. The SMILES string of the molecule is CC(C)CNCC(Cc1nnn(C)n1)C(C)C. The van der Waals surface area contributed by atoms with Crippen LogP contribution in [0.15, 0.2) is 0 Å². The van der Waals surface area contributed by atoms with Gasteiger partial charge < -0.3 is 5.32 Å². The van der Waals surface area contributed by atoms with Gasteiger partial charge in [0.05, 0.1) is 7.05 Å². The fraction of sp³-hybridized carbons (Fsp3) is 0.917. The molecule has 0 aliphatic heterocycles. The monoisotopic (exact) mass is 239 g/mol. The molecule has 17 heavy (non-hydrogen) atoms. The first kappa shape index (κ1) is 14.1. The number of tetrazole rings is 1. The largest absolute Gasteiger partial charge is 0.316 e. The molecule has 0 amide bonds. The van der Waals surface area contributed by atoms with Crippen LogP contribution in [0.25, 0.3) is 0 Å². The van der Waals surface area contributed by atoms with Crippen LogP contribution in [0.4, 0.5) is 0 Å². The van der Waals surface area contributed by atoms with Gasteiger partial charge in [-0.3, -0.25) is 0 Å². The van der Waals surface area contributed by atoms with E-state index in [1.165, 1.54) is 4.80 Å². The number of aryl methyl sites for hydroxylation is 1. The summed E-state index contributed by atoms with van der Waals surface area (Å²) in [6.07, 6.45) is 0.899. The minimum Gasteiger partial charge on any atom is -0.316 e. The van der Waals surface area contributed by atoms with Crippen molar-refractivity contribution >= 4 is 0 Å². The van der Waals surface area contributed by atoms with E-state index in [2.05, 4.69) is 48.4 Å². The predicted octanol–water partition coefficient (Wildman–Crippen LogP) is 1.27. The van der Waals surface area contributed by atoms with Crippen molar-refractivity contribution in [1.29, 1.82) is 0 Å². The number of nitrogens with one attached hydrogen (secondary N) is 1. The molecule has 1 atom stereocenters. The first-order valence-electron chi connectivity index (χ1n) is 6.42. The average Bonchev–Trinajstić information content (AvgIpc) is 2.62. The summed E-state index contributed by atoms with van der Waals surface area (Å²) in [5, 5.41) is 15.7. The lowest BCUT2D eigenvalue weighted by Gasteiger charge is -2.20. The van der Waals surface area contributed by atoms with E-state index in [9.17, 15) is 0 Å². The van der Waals surface area contributed by atoms with Crippen LogP contribution in [0.2, 0.25) is 0 Å². The Morgan fingerprint density at radius 3 is 2.35 bits per heavy atom. The highest BCUT2D eigenvalue weighted by atomic mass is 15.6. The molecule has 0 bridgehead atoms. The molecule has 0 aliphatic rings. The van der Waals surface area contributed by atoms with Crippen LogP contribution in [0, 0.1) is 17.8 Å². The van der Waals surface area contributed by atoms with Gasteiger partial charge in [0.15, 0.2) is 5.82 Å². The van der Waals surface area contributed by atoms with Gasteiger partial charge in [0, 0.05) is 6.42 Å². The van der Waals surface area contributed by atoms with Crippen LogP contribution in [-0.2, 0) is 13.5 Å². The summed E-state index contributed by atoms with van der Waals surface area (Å²) < 4.78 is 0. The maximum atomic E-state index is 4.24. The summed E-state index contributed by atoms with van der Waals surface area (Å²) in [6, 6.07) is 0. The van der Waals surface area contributed by atoms with E-state index >= 15 is 0 Å². The second-order valence-electron chi connectivity index (χ2n) is 5.46. The van der Waals surface area contributed by atoms with Crippen LogP contribution in [0.5, 0.6) is 0 Å². The molecule has 1 N–H and O–H groups in total. The summed E-state index contributed by atoms with van der Waals surface area (Å²) in [7, 11) is 1.80. The molecule has 1 heterocycles. The predicted molar refractivity (Wildman–Crippen MR) is 68.5 cm³/mol.